The van der Waals surface area contributed by atoms with Crippen molar-refractivity contribution < 1.29 is 9.94 Å². The third kappa shape index (κ3) is 5.07. The van der Waals surface area contributed by atoms with Crippen LogP contribution in [0.25, 0.3) is 0 Å². The lowest BCUT2D eigenvalue weighted by atomic mass is 10.0. The van der Waals surface area contributed by atoms with Crippen molar-refractivity contribution in [2.45, 2.75) is 45.6 Å². The summed E-state index contributed by atoms with van der Waals surface area (Å²) in [6, 6.07) is 12.2. The fourth-order valence-electron chi connectivity index (χ4n) is 3.70. The molecule has 3 rings (SSSR count). The number of aromatic nitrogens is 1. The zero-order valence-electron chi connectivity index (χ0n) is 18.1. The maximum atomic E-state index is 9.86. The van der Waals surface area contributed by atoms with Crippen LogP contribution in [0.2, 0.25) is 0 Å². The van der Waals surface area contributed by atoms with Crippen LogP contribution in [0.4, 0.5) is 0 Å². The molecule has 2 aromatic rings. The summed E-state index contributed by atoms with van der Waals surface area (Å²) in [5.74, 6) is 2.09. The lowest BCUT2D eigenvalue weighted by Gasteiger charge is -2.36. The Morgan fingerprint density at radius 1 is 1.24 bits per heavy atom. The van der Waals surface area contributed by atoms with Gasteiger partial charge in [0.05, 0.1) is 5.56 Å². The first-order chi connectivity index (χ1) is 13.9. The molecule has 1 saturated heterocycles. The molecule has 0 bridgehead atoms. The fraction of sp³-hybridized carbons (Fsp3) is 0.478. The molecule has 29 heavy (non-hydrogen) atoms. The highest BCUT2D eigenvalue weighted by atomic mass is 16.5. The Bertz CT molecular complexity index is 858. The Kier molecular flexibility index (Phi) is 6.75. The van der Waals surface area contributed by atoms with Gasteiger partial charge in [-0.3, -0.25) is 0 Å². The molecule has 0 atom stereocenters. The molecular weight excluding hydrogens is 364 g/mol. The first kappa shape index (κ1) is 21.1. The van der Waals surface area contributed by atoms with E-state index in [-0.39, 0.29) is 0 Å². The number of piperidine rings is 1. The van der Waals surface area contributed by atoms with E-state index in [0.717, 1.165) is 37.4 Å². The topological polar surface area (TPSA) is 61.2 Å². The Morgan fingerprint density at radius 3 is 2.62 bits per heavy atom. The van der Waals surface area contributed by atoms with E-state index < -0.39 is 0 Å². The van der Waals surface area contributed by atoms with Crippen molar-refractivity contribution in [3.8, 4) is 11.6 Å². The first-order valence-corrected chi connectivity index (χ1v) is 10.3. The molecule has 0 unspecified atom stereocenters. The summed E-state index contributed by atoms with van der Waals surface area (Å²) < 4.78 is 6.18. The van der Waals surface area contributed by atoms with Crippen LogP contribution in [0.1, 0.15) is 49.4 Å². The van der Waals surface area contributed by atoms with E-state index in [0.29, 0.717) is 29.2 Å². The normalized spacial score (nSPS) is 16.3. The van der Waals surface area contributed by atoms with Gasteiger partial charge in [0.1, 0.15) is 5.75 Å². The predicted octanol–water partition coefficient (Wildman–Crippen LogP) is 4.47. The van der Waals surface area contributed by atoms with E-state index in [1.165, 1.54) is 5.56 Å². The Hall–Kier alpha value is -2.60. The van der Waals surface area contributed by atoms with Crippen LogP contribution < -0.4 is 4.74 Å². The summed E-state index contributed by atoms with van der Waals surface area (Å²) in [6.45, 7) is 8.30. The lowest BCUT2D eigenvalue weighted by molar-refractivity contribution is 0.187. The molecule has 1 N–H and O–H groups in total. The number of benzene rings is 1. The molecule has 1 aromatic carbocycles. The molecule has 1 aliphatic heterocycles. The van der Waals surface area contributed by atoms with Gasteiger partial charge >= 0.3 is 0 Å². The van der Waals surface area contributed by atoms with Gasteiger partial charge in [0.25, 0.3) is 0 Å². The summed E-state index contributed by atoms with van der Waals surface area (Å²) in [6.07, 6.45) is 2.05. The van der Waals surface area contributed by atoms with E-state index in [4.69, 9.17) is 4.74 Å². The van der Waals surface area contributed by atoms with Crippen LogP contribution in [0, 0.1) is 6.92 Å². The smallest absolute Gasteiger partial charge is 0.230 e. The second-order valence-corrected chi connectivity index (χ2v) is 8.20. The summed E-state index contributed by atoms with van der Waals surface area (Å²) in [4.78, 5) is 8.98. The highest BCUT2D eigenvalue weighted by Crippen LogP contribution is 2.28. The number of aryl methyl sites for hydroxylation is 1. The van der Waals surface area contributed by atoms with Crippen molar-refractivity contribution in [1.82, 2.24) is 14.8 Å². The second kappa shape index (κ2) is 9.27. The molecule has 1 fully saturated rings. The number of amidine groups is 1. The van der Waals surface area contributed by atoms with Gasteiger partial charge in [-0.25, -0.2) is 4.98 Å². The van der Waals surface area contributed by atoms with Crippen molar-refractivity contribution in [3.63, 3.8) is 0 Å². The van der Waals surface area contributed by atoms with Crippen LogP contribution in [-0.2, 0) is 0 Å². The summed E-state index contributed by atoms with van der Waals surface area (Å²) in [5.41, 5.74) is 2.74. The zero-order chi connectivity index (χ0) is 21.0. The number of oxime groups is 1. The molecule has 0 radical (unpaired) electrons. The summed E-state index contributed by atoms with van der Waals surface area (Å²) >= 11 is 0. The Labute approximate surface area is 173 Å². The number of rotatable bonds is 5. The molecule has 6 heteroatoms. The van der Waals surface area contributed by atoms with Gasteiger partial charge < -0.3 is 19.7 Å². The minimum atomic E-state index is 0.315. The SMILES string of the molecule is Cc1ccc(/C(=N/O)N(C)C2CCN(C)CC2)c(Oc2cccc(C(C)C)c2)n1. The maximum absolute atomic E-state index is 9.86. The summed E-state index contributed by atoms with van der Waals surface area (Å²) in [7, 11) is 4.12. The van der Waals surface area contributed by atoms with Gasteiger partial charge in [-0.2, -0.15) is 0 Å². The molecule has 0 amide bonds. The molecule has 6 nitrogen and oxygen atoms in total. The molecule has 0 spiro atoms. The molecule has 2 heterocycles. The first-order valence-electron chi connectivity index (χ1n) is 10.3. The van der Waals surface area contributed by atoms with Crippen molar-refractivity contribution in [1.29, 1.82) is 0 Å². The zero-order valence-corrected chi connectivity index (χ0v) is 18.1. The van der Waals surface area contributed by atoms with Crippen LogP contribution in [-0.4, -0.2) is 59.1 Å². The van der Waals surface area contributed by atoms with Gasteiger partial charge in [-0.05, 0) is 75.6 Å². The minimum absolute atomic E-state index is 0.315. The standard InChI is InChI=1S/C23H32N4O2/c1-16(2)18-7-6-8-20(15-18)29-23-21(10-9-17(3)24-23)22(25-28)27(5)19-11-13-26(4)14-12-19/h6-10,15-16,19,28H,11-14H2,1-5H3/b25-22-. The van der Waals surface area contributed by atoms with Crippen LogP contribution in [0.5, 0.6) is 11.6 Å². The minimum Gasteiger partial charge on any atom is -0.438 e. The van der Waals surface area contributed by atoms with Gasteiger partial charge in [-0.15, -0.1) is 0 Å². The van der Waals surface area contributed by atoms with Crippen molar-refractivity contribution in [3.05, 3.63) is 53.2 Å². The number of pyridine rings is 1. The monoisotopic (exact) mass is 396 g/mol. The third-order valence-corrected chi connectivity index (χ3v) is 5.64. The molecule has 156 valence electrons. The second-order valence-electron chi connectivity index (χ2n) is 8.20. The van der Waals surface area contributed by atoms with Gasteiger partial charge in [-0.1, -0.05) is 31.1 Å². The average Bonchev–Trinajstić information content (AvgIpc) is 2.70. The number of ether oxygens (including phenoxy) is 1. The van der Waals surface area contributed by atoms with E-state index in [1.54, 1.807) is 0 Å². The highest BCUT2D eigenvalue weighted by Gasteiger charge is 2.26. The van der Waals surface area contributed by atoms with Gasteiger partial charge in [0.15, 0.2) is 5.84 Å². The van der Waals surface area contributed by atoms with Gasteiger partial charge in [0, 0.05) is 18.8 Å². The molecule has 0 saturated carbocycles. The molecule has 0 aliphatic carbocycles. The van der Waals surface area contributed by atoms with Crippen molar-refractivity contribution >= 4 is 5.84 Å². The van der Waals surface area contributed by atoms with Crippen molar-refractivity contribution in [2.24, 2.45) is 5.16 Å². The van der Waals surface area contributed by atoms with Crippen LogP contribution in [0.3, 0.4) is 0 Å². The fourth-order valence-corrected chi connectivity index (χ4v) is 3.70. The Morgan fingerprint density at radius 2 is 1.97 bits per heavy atom. The number of hydrogen-bond donors (Lipinski definition) is 1. The van der Waals surface area contributed by atoms with Crippen LogP contribution in [0.15, 0.2) is 41.6 Å². The van der Waals surface area contributed by atoms with Crippen molar-refractivity contribution in [2.75, 3.05) is 27.2 Å². The number of likely N-dealkylation sites (tertiary alicyclic amines) is 1. The van der Waals surface area contributed by atoms with E-state index in [2.05, 4.69) is 46.9 Å². The van der Waals surface area contributed by atoms with Crippen LogP contribution >= 0.6 is 0 Å². The molecule has 1 aromatic heterocycles. The maximum Gasteiger partial charge on any atom is 0.230 e. The van der Waals surface area contributed by atoms with E-state index in [9.17, 15) is 5.21 Å². The molecular formula is C23H32N4O2. The predicted molar refractivity (Wildman–Crippen MR) is 116 cm³/mol. The average molecular weight is 397 g/mol. The lowest BCUT2D eigenvalue weighted by Crippen LogP contribution is -2.44. The highest BCUT2D eigenvalue weighted by molar-refractivity contribution is 6.00. The van der Waals surface area contributed by atoms with E-state index >= 15 is 0 Å². The largest absolute Gasteiger partial charge is 0.438 e. The molecule has 1 aliphatic rings. The number of nitrogens with zero attached hydrogens (tertiary/aromatic N) is 4. The van der Waals surface area contributed by atoms with E-state index in [1.807, 2.05) is 44.3 Å². The quantitative estimate of drug-likeness (QED) is 0.350. The number of hydrogen-bond acceptors (Lipinski definition) is 5. The Balaban J connectivity index is 1.90. The summed E-state index contributed by atoms with van der Waals surface area (Å²) in [5, 5.41) is 13.5. The van der Waals surface area contributed by atoms with Gasteiger partial charge in [0.2, 0.25) is 5.88 Å². The third-order valence-electron chi connectivity index (χ3n) is 5.64.